The molecule has 2 heteroatoms. The number of nitrogens with one attached hydrogen (secondary N) is 1. The third-order valence-electron chi connectivity index (χ3n) is 6.78. The number of carbonyl (C=O) groups excluding carboxylic acids is 1. The van der Waals surface area contributed by atoms with Crippen LogP contribution in [-0.2, 0) is 4.79 Å². The summed E-state index contributed by atoms with van der Waals surface area (Å²) in [6.45, 7) is 5.38. The quantitative estimate of drug-likeness (QED) is 0.180. The van der Waals surface area contributed by atoms with Crippen molar-refractivity contribution >= 4 is 5.91 Å². The zero-order valence-electron chi connectivity index (χ0n) is 19.9. The van der Waals surface area contributed by atoms with E-state index in [1.807, 2.05) is 0 Å². The molecule has 1 amide bonds. The Balaban J connectivity index is 2.21. The van der Waals surface area contributed by atoms with Gasteiger partial charge in [-0.1, -0.05) is 109 Å². The molecule has 1 aliphatic rings. The lowest BCUT2D eigenvalue weighted by Crippen LogP contribution is -2.42. The van der Waals surface area contributed by atoms with Gasteiger partial charge in [-0.2, -0.15) is 0 Å². The van der Waals surface area contributed by atoms with Crippen molar-refractivity contribution in [2.75, 3.05) is 6.54 Å². The summed E-state index contributed by atoms with van der Waals surface area (Å²) in [6.07, 6.45) is 29.8. The Morgan fingerprint density at radius 1 is 0.724 bits per heavy atom. The summed E-state index contributed by atoms with van der Waals surface area (Å²) in [5, 5.41) is 3.32. The highest BCUT2D eigenvalue weighted by molar-refractivity contribution is 5.82. The molecule has 0 aromatic rings. The Kier molecular flexibility index (Phi) is 16.3. The first kappa shape index (κ1) is 26.2. The minimum atomic E-state index is -0.0412. The Morgan fingerprint density at radius 3 is 1.97 bits per heavy atom. The lowest BCUT2D eigenvalue weighted by Gasteiger charge is -2.36. The fourth-order valence-corrected chi connectivity index (χ4v) is 4.75. The molecule has 0 spiro atoms. The molecule has 29 heavy (non-hydrogen) atoms. The Labute approximate surface area is 182 Å². The van der Waals surface area contributed by atoms with E-state index in [9.17, 15) is 4.79 Å². The minimum absolute atomic E-state index is 0.0412. The molecule has 0 bridgehead atoms. The van der Waals surface area contributed by atoms with Gasteiger partial charge < -0.3 is 5.32 Å². The van der Waals surface area contributed by atoms with Crippen LogP contribution in [0.4, 0.5) is 0 Å². The standard InChI is InChI=1S/C27H51NO/c1-3-5-7-9-11-13-15-18-22-27(23-19-17-20-24-27)26(29)28-25-21-16-14-12-10-8-6-4-2/h10,12H,3-9,11,13-25H2,1-2H3,(H,28,29). The number of carbonyl (C=O) groups is 1. The van der Waals surface area contributed by atoms with Gasteiger partial charge in [-0.15, -0.1) is 0 Å². The van der Waals surface area contributed by atoms with E-state index in [0.717, 1.165) is 38.6 Å². The van der Waals surface area contributed by atoms with Gasteiger partial charge in [0.25, 0.3) is 0 Å². The smallest absolute Gasteiger partial charge is 0.226 e. The summed E-state index contributed by atoms with van der Waals surface area (Å²) < 4.78 is 0. The zero-order valence-corrected chi connectivity index (χ0v) is 19.9. The number of allylic oxidation sites excluding steroid dienone is 2. The van der Waals surface area contributed by atoms with Crippen LogP contribution >= 0.6 is 0 Å². The third kappa shape index (κ3) is 12.5. The molecule has 0 aromatic heterocycles. The molecule has 170 valence electrons. The maximum atomic E-state index is 13.0. The lowest BCUT2D eigenvalue weighted by atomic mass is 9.70. The van der Waals surface area contributed by atoms with Gasteiger partial charge in [0.2, 0.25) is 5.91 Å². The topological polar surface area (TPSA) is 29.1 Å². The van der Waals surface area contributed by atoms with Gasteiger partial charge in [0, 0.05) is 12.0 Å². The van der Waals surface area contributed by atoms with Gasteiger partial charge in [0.05, 0.1) is 0 Å². The van der Waals surface area contributed by atoms with E-state index in [2.05, 4.69) is 31.3 Å². The van der Waals surface area contributed by atoms with Crippen molar-refractivity contribution in [1.82, 2.24) is 5.32 Å². The number of hydrogen-bond donors (Lipinski definition) is 1. The Morgan fingerprint density at radius 2 is 1.31 bits per heavy atom. The fourth-order valence-electron chi connectivity index (χ4n) is 4.75. The Bertz CT molecular complexity index is 409. The van der Waals surface area contributed by atoms with Crippen molar-refractivity contribution in [1.29, 1.82) is 0 Å². The molecular formula is C27H51NO. The highest BCUT2D eigenvalue weighted by atomic mass is 16.2. The van der Waals surface area contributed by atoms with E-state index in [1.54, 1.807) is 0 Å². The first-order chi connectivity index (χ1) is 14.2. The molecular weight excluding hydrogens is 354 g/mol. The predicted octanol–water partition coefficient (Wildman–Crippen LogP) is 8.50. The van der Waals surface area contributed by atoms with Gasteiger partial charge in [-0.05, 0) is 44.9 Å². The second-order valence-corrected chi connectivity index (χ2v) is 9.43. The molecule has 1 aliphatic carbocycles. The molecule has 1 saturated carbocycles. The van der Waals surface area contributed by atoms with Crippen LogP contribution in [0.5, 0.6) is 0 Å². The van der Waals surface area contributed by atoms with Gasteiger partial charge in [-0.25, -0.2) is 0 Å². The van der Waals surface area contributed by atoms with Crippen molar-refractivity contribution in [2.24, 2.45) is 5.41 Å². The van der Waals surface area contributed by atoms with Crippen LogP contribution in [0, 0.1) is 5.41 Å². The normalized spacial score (nSPS) is 16.3. The van der Waals surface area contributed by atoms with Crippen molar-refractivity contribution in [3.63, 3.8) is 0 Å². The second kappa shape index (κ2) is 18.0. The molecule has 1 fully saturated rings. The van der Waals surface area contributed by atoms with Crippen LogP contribution in [0.1, 0.15) is 142 Å². The van der Waals surface area contributed by atoms with Crippen molar-refractivity contribution in [3.05, 3.63) is 12.2 Å². The number of rotatable bonds is 18. The highest BCUT2D eigenvalue weighted by Crippen LogP contribution is 2.41. The van der Waals surface area contributed by atoms with E-state index in [0.29, 0.717) is 5.91 Å². The summed E-state index contributed by atoms with van der Waals surface area (Å²) in [5.41, 5.74) is -0.0412. The first-order valence-electron chi connectivity index (χ1n) is 13.2. The van der Waals surface area contributed by atoms with Crippen LogP contribution in [0.2, 0.25) is 0 Å². The highest BCUT2D eigenvalue weighted by Gasteiger charge is 2.38. The van der Waals surface area contributed by atoms with Crippen molar-refractivity contribution < 1.29 is 4.79 Å². The van der Waals surface area contributed by atoms with E-state index >= 15 is 0 Å². The summed E-state index contributed by atoms with van der Waals surface area (Å²) in [5.74, 6) is 0.374. The molecule has 0 aliphatic heterocycles. The molecule has 2 nitrogen and oxygen atoms in total. The van der Waals surface area contributed by atoms with Crippen LogP contribution in [-0.4, -0.2) is 12.5 Å². The maximum absolute atomic E-state index is 13.0. The maximum Gasteiger partial charge on any atom is 0.226 e. The monoisotopic (exact) mass is 405 g/mol. The third-order valence-corrected chi connectivity index (χ3v) is 6.78. The summed E-state index contributed by atoms with van der Waals surface area (Å²) >= 11 is 0. The van der Waals surface area contributed by atoms with Crippen LogP contribution < -0.4 is 5.32 Å². The molecule has 0 saturated heterocycles. The van der Waals surface area contributed by atoms with Gasteiger partial charge in [-0.3, -0.25) is 4.79 Å². The molecule has 0 heterocycles. The molecule has 1 rings (SSSR count). The first-order valence-corrected chi connectivity index (χ1v) is 13.2. The van der Waals surface area contributed by atoms with E-state index in [1.165, 1.54) is 96.3 Å². The summed E-state index contributed by atoms with van der Waals surface area (Å²) in [4.78, 5) is 13.0. The summed E-state index contributed by atoms with van der Waals surface area (Å²) in [6, 6.07) is 0. The number of unbranched alkanes of at least 4 members (excludes halogenated alkanes) is 11. The largest absolute Gasteiger partial charge is 0.356 e. The second-order valence-electron chi connectivity index (χ2n) is 9.43. The van der Waals surface area contributed by atoms with Crippen molar-refractivity contribution in [2.45, 2.75) is 142 Å². The average Bonchev–Trinajstić information content (AvgIpc) is 2.75. The number of amides is 1. The van der Waals surface area contributed by atoms with Crippen LogP contribution in [0.15, 0.2) is 12.2 Å². The Hall–Kier alpha value is -0.790. The van der Waals surface area contributed by atoms with Crippen LogP contribution in [0.25, 0.3) is 0 Å². The summed E-state index contributed by atoms with van der Waals surface area (Å²) in [7, 11) is 0. The predicted molar refractivity (Wildman–Crippen MR) is 128 cm³/mol. The SMILES string of the molecule is CCCCC=CCCCCNC(=O)C1(CCCCCCCCCC)CCCCC1. The van der Waals surface area contributed by atoms with Crippen LogP contribution in [0.3, 0.4) is 0 Å². The van der Waals surface area contributed by atoms with E-state index in [4.69, 9.17) is 0 Å². The van der Waals surface area contributed by atoms with Crippen molar-refractivity contribution in [3.8, 4) is 0 Å². The molecule has 0 radical (unpaired) electrons. The van der Waals surface area contributed by atoms with E-state index in [-0.39, 0.29) is 5.41 Å². The molecule has 0 unspecified atom stereocenters. The minimum Gasteiger partial charge on any atom is -0.356 e. The molecule has 0 atom stereocenters. The van der Waals surface area contributed by atoms with Gasteiger partial charge in [0.1, 0.15) is 0 Å². The number of hydrogen-bond acceptors (Lipinski definition) is 1. The zero-order chi connectivity index (χ0) is 21.0. The van der Waals surface area contributed by atoms with E-state index < -0.39 is 0 Å². The molecule has 1 N–H and O–H groups in total. The van der Waals surface area contributed by atoms with Gasteiger partial charge in [0.15, 0.2) is 0 Å². The van der Waals surface area contributed by atoms with Gasteiger partial charge >= 0.3 is 0 Å². The molecule has 0 aromatic carbocycles. The average molecular weight is 406 g/mol. The lowest BCUT2D eigenvalue weighted by molar-refractivity contribution is -0.133. The fraction of sp³-hybridized carbons (Fsp3) is 0.889.